The van der Waals surface area contributed by atoms with Gasteiger partial charge in [0.2, 0.25) is 0 Å². The smallest absolute Gasteiger partial charge is 0.454 e. The number of benzene rings is 1. The third-order valence-corrected chi connectivity index (χ3v) is 5.72. The fourth-order valence-corrected chi connectivity index (χ4v) is 3.35. The Kier molecular flexibility index (Phi) is 10.2. The van der Waals surface area contributed by atoms with Crippen LogP contribution in [0.15, 0.2) is 36.7 Å². The van der Waals surface area contributed by atoms with Crippen LogP contribution in [0.1, 0.15) is 51.0 Å². The topological polar surface area (TPSA) is 35.0 Å². The molecule has 1 unspecified atom stereocenters. The molecular weight excluding hydrogens is 560 g/mol. The number of alkyl halides is 12. The van der Waals surface area contributed by atoms with Crippen LogP contribution in [-0.2, 0) is 6.42 Å². The molecule has 1 aromatic heterocycles. The Labute approximate surface area is 215 Å². The van der Waals surface area contributed by atoms with Crippen LogP contribution >= 0.6 is 0 Å². The number of hydrogen-bond acceptors (Lipinski definition) is 3. The highest BCUT2D eigenvalue weighted by Gasteiger charge is 2.88. The molecule has 1 heterocycles. The second-order valence-corrected chi connectivity index (χ2v) is 8.73. The number of unbranched alkanes of at least 4 members (excludes halogenated alkanes) is 5. The van der Waals surface area contributed by atoms with Crippen molar-refractivity contribution in [2.45, 2.75) is 88.1 Å². The van der Waals surface area contributed by atoms with Gasteiger partial charge < -0.3 is 4.74 Å². The fraction of sp³-hybridized carbons (Fsp3) is 0.583. The lowest BCUT2D eigenvalue weighted by atomic mass is 9.98. The zero-order valence-corrected chi connectivity index (χ0v) is 20.3. The van der Waals surface area contributed by atoms with Gasteiger partial charge in [-0.3, -0.25) is 0 Å². The predicted molar refractivity (Wildman–Crippen MR) is 116 cm³/mol. The number of hydrogen-bond donors (Lipinski definition) is 0. The quantitative estimate of drug-likeness (QED) is 0.164. The molecule has 0 saturated heterocycles. The second-order valence-electron chi connectivity index (χ2n) is 8.73. The van der Waals surface area contributed by atoms with Gasteiger partial charge in [0.25, 0.3) is 0 Å². The molecule has 1 aromatic carbocycles. The Bertz CT molecular complexity index is 1040. The van der Waals surface area contributed by atoms with E-state index >= 15 is 0 Å². The van der Waals surface area contributed by atoms with Gasteiger partial charge in [-0.2, -0.15) is 52.7 Å². The van der Waals surface area contributed by atoms with Gasteiger partial charge in [-0.1, -0.05) is 39.0 Å². The van der Waals surface area contributed by atoms with Gasteiger partial charge in [0, 0.05) is 18.0 Å². The van der Waals surface area contributed by atoms with Crippen molar-refractivity contribution >= 4 is 0 Å². The molecule has 39 heavy (non-hydrogen) atoms. The van der Waals surface area contributed by atoms with Gasteiger partial charge in [0.15, 0.2) is 5.82 Å². The van der Waals surface area contributed by atoms with Crippen molar-refractivity contribution in [1.29, 1.82) is 0 Å². The van der Waals surface area contributed by atoms with Gasteiger partial charge >= 0.3 is 36.2 Å². The molecule has 0 aliphatic rings. The van der Waals surface area contributed by atoms with Crippen LogP contribution in [0.25, 0.3) is 11.4 Å². The Morgan fingerprint density at radius 2 is 1.21 bits per heavy atom. The Morgan fingerprint density at radius 1 is 0.692 bits per heavy atom. The Morgan fingerprint density at radius 3 is 1.72 bits per heavy atom. The van der Waals surface area contributed by atoms with Crippen LogP contribution < -0.4 is 4.74 Å². The molecule has 0 saturated carbocycles. The van der Waals surface area contributed by atoms with E-state index in [0.29, 0.717) is 0 Å². The summed E-state index contributed by atoms with van der Waals surface area (Å²) in [5.41, 5.74) is 1.06. The van der Waals surface area contributed by atoms with Crippen molar-refractivity contribution in [2.75, 3.05) is 0 Å². The highest BCUT2D eigenvalue weighted by atomic mass is 19.4. The largest absolute Gasteiger partial charge is 0.460 e. The summed E-state index contributed by atoms with van der Waals surface area (Å²) in [4.78, 5) is 8.24. The van der Waals surface area contributed by atoms with Crippen molar-refractivity contribution in [2.24, 2.45) is 0 Å². The molecule has 3 nitrogen and oxygen atoms in total. The Balaban J connectivity index is 2.07. The minimum Gasteiger partial charge on any atom is -0.454 e. The summed E-state index contributed by atoms with van der Waals surface area (Å²) in [7, 11) is 0. The summed E-state index contributed by atoms with van der Waals surface area (Å²) in [5, 5.41) is 0. The van der Waals surface area contributed by atoms with E-state index in [1.54, 1.807) is 0 Å². The summed E-state index contributed by atoms with van der Waals surface area (Å²) < 4.78 is 162. The average Bonchev–Trinajstić information content (AvgIpc) is 2.86. The predicted octanol–water partition coefficient (Wildman–Crippen LogP) is 8.82. The third kappa shape index (κ3) is 6.89. The molecule has 0 spiro atoms. The molecule has 1 atom stereocenters. The molecular formula is C24H24F12N2O. The standard InChI is InChI=1S/C24H24F12N2O/c1-2-3-4-5-6-7-8-15-13-37-18(38-14-15)16-9-11-17(12-10-16)39-19(25)20(26,27)21(28,29)22(30,31)23(32,33)24(34,35)36/h9-14,19H,2-8H2,1H3. The van der Waals surface area contributed by atoms with Crippen molar-refractivity contribution in [3.8, 4) is 17.1 Å². The summed E-state index contributed by atoms with van der Waals surface area (Å²) in [6.07, 6.45) is -1.76. The number of halogens is 12. The molecule has 15 heteroatoms. The fourth-order valence-electron chi connectivity index (χ4n) is 3.35. The average molecular weight is 584 g/mol. The molecule has 2 rings (SSSR count). The van der Waals surface area contributed by atoms with Crippen molar-refractivity contribution in [3.05, 3.63) is 42.2 Å². The number of nitrogens with zero attached hydrogens (tertiary/aromatic N) is 2. The van der Waals surface area contributed by atoms with Gasteiger partial charge in [0.05, 0.1) is 0 Å². The van der Waals surface area contributed by atoms with Crippen LogP contribution in [0.3, 0.4) is 0 Å². The number of aromatic nitrogens is 2. The highest BCUT2D eigenvalue weighted by Crippen LogP contribution is 2.58. The van der Waals surface area contributed by atoms with Crippen LogP contribution in [-0.4, -0.2) is 46.2 Å². The zero-order chi connectivity index (χ0) is 29.7. The summed E-state index contributed by atoms with van der Waals surface area (Å²) in [6.45, 7) is 2.11. The highest BCUT2D eigenvalue weighted by molar-refractivity contribution is 5.55. The molecule has 0 fully saturated rings. The Hall–Kier alpha value is -2.74. The number of ether oxygens (including phenoxy) is 1. The second kappa shape index (κ2) is 12.2. The molecule has 0 N–H and O–H groups in total. The van der Waals surface area contributed by atoms with E-state index in [0.717, 1.165) is 68.4 Å². The molecule has 0 aliphatic carbocycles. The van der Waals surface area contributed by atoms with Gasteiger partial charge in [-0.25, -0.2) is 9.97 Å². The van der Waals surface area contributed by atoms with Crippen LogP contribution in [0.2, 0.25) is 0 Å². The molecule has 0 radical (unpaired) electrons. The molecule has 220 valence electrons. The maximum absolute atomic E-state index is 13.9. The van der Waals surface area contributed by atoms with Crippen molar-refractivity contribution in [1.82, 2.24) is 9.97 Å². The lowest BCUT2D eigenvalue weighted by molar-refractivity contribution is -0.432. The van der Waals surface area contributed by atoms with Crippen LogP contribution in [0, 0.1) is 0 Å². The zero-order valence-electron chi connectivity index (χ0n) is 20.3. The molecule has 0 bridgehead atoms. The van der Waals surface area contributed by atoms with Crippen LogP contribution in [0.4, 0.5) is 52.7 Å². The lowest BCUT2D eigenvalue weighted by Crippen LogP contribution is -2.68. The van der Waals surface area contributed by atoms with Crippen molar-refractivity contribution in [3.63, 3.8) is 0 Å². The minimum atomic E-state index is -7.72. The third-order valence-electron chi connectivity index (χ3n) is 5.72. The SMILES string of the molecule is CCCCCCCCc1cnc(-c2ccc(OC(F)C(F)(F)C(F)(F)C(F)(F)C(F)(F)C(F)(F)F)cc2)nc1. The maximum atomic E-state index is 13.9. The van der Waals surface area contributed by atoms with Gasteiger partial charge in [0.1, 0.15) is 5.75 Å². The van der Waals surface area contributed by atoms with Crippen LogP contribution in [0.5, 0.6) is 5.75 Å². The van der Waals surface area contributed by atoms with E-state index in [1.807, 2.05) is 0 Å². The molecule has 0 amide bonds. The van der Waals surface area contributed by atoms with Crippen molar-refractivity contribution < 1.29 is 57.4 Å². The first-order valence-corrected chi connectivity index (χ1v) is 11.7. The summed E-state index contributed by atoms with van der Waals surface area (Å²) in [5.74, 6) is -30.5. The monoisotopic (exact) mass is 584 g/mol. The van der Waals surface area contributed by atoms with Gasteiger partial charge in [-0.15, -0.1) is 0 Å². The first-order chi connectivity index (χ1) is 17.9. The van der Waals surface area contributed by atoms with E-state index in [-0.39, 0.29) is 11.4 Å². The number of aryl methyl sites for hydroxylation is 1. The minimum absolute atomic E-state index is 0.121. The van der Waals surface area contributed by atoms with E-state index in [9.17, 15) is 52.7 Å². The first kappa shape index (κ1) is 32.5. The van der Waals surface area contributed by atoms with E-state index < -0.39 is 42.0 Å². The molecule has 2 aromatic rings. The summed E-state index contributed by atoms with van der Waals surface area (Å²) >= 11 is 0. The van der Waals surface area contributed by atoms with Gasteiger partial charge in [-0.05, 0) is 42.7 Å². The van der Waals surface area contributed by atoms with E-state index in [4.69, 9.17) is 0 Å². The normalized spacial score (nSPS) is 14.4. The maximum Gasteiger partial charge on any atom is 0.460 e. The molecule has 0 aliphatic heterocycles. The number of rotatable bonds is 14. The lowest BCUT2D eigenvalue weighted by Gasteiger charge is -2.37. The van der Waals surface area contributed by atoms with E-state index in [2.05, 4.69) is 21.6 Å². The first-order valence-electron chi connectivity index (χ1n) is 11.7. The summed E-state index contributed by atoms with van der Waals surface area (Å²) in [6, 6.07) is 3.58. The van der Waals surface area contributed by atoms with E-state index in [1.165, 1.54) is 18.8 Å².